The second-order valence-corrected chi connectivity index (χ2v) is 5.88. The number of hydrogen-bond acceptors (Lipinski definition) is 2. The predicted octanol–water partition coefficient (Wildman–Crippen LogP) is 4.41. The summed E-state index contributed by atoms with van der Waals surface area (Å²) in [5.74, 6) is -0.156. The Hall–Kier alpha value is -3.20. The minimum absolute atomic E-state index is 0.0240. The smallest absolute Gasteiger partial charge is 0.251 e. The van der Waals surface area contributed by atoms with Gasteiger partial charge in [0.25, 0.3) is 5.91 Å². The summed E-state index contributed by atoms with van der Waals surface area (Å²) in [6.45, 7) is 1.91. The molecule has 124 valence electrons. The molecule has 3 rings (SSSR count). The molecule has 3 nitrogen and oxygen atoms in total. The van der Waals surface area contributed by atoms with E-state index >= 15 is 0 Å². The molecule has 1 amide bonds. The summed E-state index contributed by atoms with van der Waals surface area (Å²) in [7, 11) is 0. The Morgan fingerprint density at radius 1 is 0.720 bits per heavy atom. The average Bonchev–Trinajstić information content (AvgIpc) is 2.68. The summed E-state index contributed by atoms with van der Waals surface area (Å²) < 4.78 is 0. The molecule has 1 N–H and O–H groups in total. The summed E-state index contributed by atoms with van der Waals surface area (Å²) in [6, 6.07) is 25.5. The molecule has 0 aliphatic carbocycles. The van der Waals surface area contributed by atoms with E-state index < -0.39 is 0 Å². The lowest BCUT2D eigenvalue weighted by Crippen LogP contribution is -2.26. The summed E-state index contributed by atoms with van der Waals surface area (Å²) in [6.07, 6.45) is 0. The molecule has 3 aromatic carbocycles. The third-order valence-electron chi connectivity index (χ3n) is 4.07. The second kappa shape index (κ2) is 7.58. The standard InChI is InChI=1S/C22H19NO2/c1-16(23-22(25)18-11-6-3-7-12-18)19-13-8-14-20(15-19)21(24)17-9-4-2-5-10-17/h2-16H,1H3,(H,23,25). The first-order valence-electron chi connectivity index (χ1n) is 8.21. The molecule has 0 saturated heterocycles. The van der Waals surface area contributed by atoms with Crippen LogP contribution in [-0.2, 0) is 0 Å². The molecule has 1 unspecified atom stereocenters. The molecule has 3 heteroatoms. The van der Waals surface area contributed by atoms with Gasteiger partial charge in [-0.05, 0) is 30.7 Å². The van der Waals surface area contributed by atoms with Crippen molar-refractivity contribution in [1.82, 2.24) is 5.32 Å². The van der Waals surface area contributed by atoms with Gasteiger partial charge in [-0.25, -0.2) is 0 Å². The minimum Gasteiger partial charge on any atom is -0.346 e. The summed E-state index contributed by atoms with van der Waals surface area (Å²) >= 11 is 0. The van der Waals surface area contributed by atoms with Crippen LogP contribution in [-0.4, -0.2) is 11.7 Å². The molecule has 0 aliphatic heterocycles. The van der Waals surface area contributed by atoms with Crippen LogP contribution in [0.3, 0.4) is 0 Å². The van der Waals surface area contributed by atoms with Crippen molar-refractivity contribution in [3.8, 4) is 0 Å². The molecule has 25 heavy (non-hydrogen) atoms. The van der Waals surface area contributed by atoms with Crippen LogP contribution >= 0.6 is 0 Å². The van der Waals surface area contributed by atoms with Gasteiger partial charge in [-0.1, -0.05) is 66.7 Å². The lowest BCUT2D eigenvalue weighted by atomic mass is 9.99. The van der Waals surface area contributed by atoms with E-state index in [0.717, 1.165) is 5.56 Å². The van der Waals surface area contributed by atoms with E-state index in [1.165, 1.54) is 0 Å². The number of ketones is 1. The van der Waals surface area contributed by atoms with Crippen LogP contribution in [0.5, 0.6) is 0 Å². The van der Waals surface area contributed by atoms with Crippen LogP contribution in [0.1, 0.15) is 44.8 Å². The molecule has 0 heterocycles. The van der Waals surface area contributed by atoms with Crippen LogP contribution in [0.2, 0.25) is 0 Å². The van der Waals surface area contributed by atoms with Crippen molar-refractivity contribution in [3.63, 3.8) is 0 Å². The van der Waals surface area contributed by atoms with Gasteiger partial charge in [0.05, 0.1) is 6.04 Å². The third-order valence-corrected chi connectivity index (χ3v) is 4.07. The summed E-state index contributed by atoms with van der Waals surface area (Å²) in [4.78, 5) is 24.9. The number of carbonyl (C=O) groups is 2. The molecule has 1 atom stereocenters. The molecule has 0 aromatic heterocycles. The van der Waals surface area contributed by atoms with Crippen LogP contribution in [0.15, 0.2) is 84.9 Å². The topological polar surface area (TPSA) is 46.2 Å². The highest BCUT2D eigenvalue weighted by Gasteiger charge is 2.14. The largest absolute Gasteiger partial charge is 0.346 e. The van der Waals surface area contributed by atoms with Gasteiger partial charge in [-0.2, -0.15) is 0 Å². The van der Waals surface area contributed by atoms with E-state index in [9.17, 15) is 9.59 Å². The van der Waals surface area contributed by atoms with E-state index in [2.05, 4.69) is 5.32 Å². The Morgan fingerprint density at radius 2 is 1.28 bits per heavy atom. The van der Waals surface area contributed by atoms with Gasteiger partial charge in [-0.15, -0.1) is 0 Å². The zero-order valence-electron chi connectivity index (χ0n) is 14.0. The fraction of sp³-hybridized carbons (Fsp3) is 0.0909. The maximum Gasteiger partial charge on any atom is 0.251 e. The number of rotatable bonds is 5. The van der Waals surface area contributed by atoms with E-state index in [1.54, 1.807) is 30.3 Å². The Balaban J connectivity index is 1.77. The maximum atomic E-state index is 12.6. The second-order valence-electron chi connectivity index (χ2n) is 5.88. The van der Waals surface area contributed by atoms with Crippen molar-refractivity contribution in [2.24, 2.45) is 0 Å². The maximum absolute atomic E-state index is 12.6. The first-order chi connectivity index (χ1) is 12.1. The zero-order chi connectivity index (χ0) is 17.6. The van der Waals surface area contributed by atoms with Gasteiger partial charge in [0, 0.05) is 16.7 Å². The highest BCUT2D eigenvalue weighted by Crippen LogP contribution is 2.17. The van der Waals surface area contributed by atoms with Crippen molar-refractivity contribution in [2.75, 3.05) is 0 Å². The Morgan fingerprint density at radius 3 is 1.92 bits per heavy atom. The highest BCUT2D eigenvalue weighted by atomic mass is 16.1. The van der Waals surface area contributed by atoms with E-state index in [-0.39, 0.29) is 17.7 Å². The number of benzene rings is 3. The number of nitrogens with one attached hydrogen (secondary N) is 1. The fourth-order valence-electron chi connectivity index (χ4n) is 2.66. The number of hydrogen-bond donors (Lipinski definition) is 1. The fourth-order valence-corrected chi connectivity index (χ4v) is 2.66. The van der Waals surface area contributed by atoms with Gasteiger partial charge in [0.2, 0.25) is 0 Å². The van der Waals surface area contributed by atoms with Crippen LogP contribution in [0.4, 0.5) is 0 Å². The van der Waals surface area contributed by atoms with Crippen molar-refractivity contribution >= 4 is 11.7 Å². The predicted molar refractivity (Wildman–Crippen MR) is 98.6 cm³/mol. The Bertz CT molecular complexity index is 873. The normalized spacial score (nSPS) is 11.6. The molecular formula is C22H19NO2. The van der Waals surface area contributed by atoms with E-state index in [1.807, 2.05) is 61.5 Å². The van der Waals surface area contributed by atoms with Crippen LogP contribution < -0.4 is 5.32 Å². The number of amides is 1. The van der Waals surface area contributed by atoms with Crippen LogP contribution in [0.25, 0.3) is 0 Å². The van der Waals surface area contributed by atoms with Gasteiger partial charge < -0.3 is 5.32 Å². The molecule has 0 bridgehead atoms. The first kappa shape index (κ1) is 16.7. The third kappa shape index (κ3) is 4.01. The minimum atomic E-state index is -0.198. The van der Waals surface area contributed by atoms with E-state index in [4.69, 9.17) is 0 Å². The Kier molecular flexibility index (Phi) is 5.05. The SMILES string of the molecule is CC(NC(=O)c1ccccc1)c1cccc(C(=O)c2ccccc2)c1. The molecule has 0 radical (unpaired) electrons. The summed E-state index contributed by atoms with van der Waals surface area (Å²) in [5, 5.41) is 2.97. The lowest BCUT2D eigenvalue weighted by molar-refractivity contribution is 0.0939. The summed E-state index contributed by atoms with van der Waals surface area (Å²) in [5.41, 5.74) is 2.78. The highest BCUT2D eigenvalue weighted by molar-refractivity contribution is 6.09. The van der Waals surface area contributed by atoms with Gasteiger partial charge in [0.15, 0.2) is 5.78 Å². The first-order valence-corrected chi connectivity index (χ1v) is 8.21. The van der Waals surface area contributed by atoms with Crippen LogP contribution in [0, 0.1) is 0 Å². The van der Waals surface area contributed by atoms with Gasteiger partial charge >= 0.3 is 0 Å². The molecule has 0 aliphatic rings. The Labute approximate surface area is 147 Å². The number of carbonyl (C=O) groups excluding carboxylic acids is 2. The lowest BCUT2D eigenvalue weighted by Gasteiger charge is -2.15. The quantitative estimate of drug-likeness (QED) is 0.705. The average molecular weight is 329 g/mol. The zero-order valence-corrected chi connectivity index (χ0v) is 14.0. The molecule has 0 spiro atoms. The monoisotopic (exact) mass is 329 g/mol. The molecule has 0 fully saturated rings. The molecular weight excluding hydrogens is 310 g/mol. The van der Waals surface area contributed by atoms with Gasteiger partial charge in [0.1, 0.15) is 0 Å². The van der Waals surface area contributed by atoms with Crippen molar-refractivity contribution in [1.29, 1.82) is 0 Å². The molecule has 0 saturated carbocycles. The van der Waals surface area contributed by atoms with Gasteiger partial charge in [-0.3, -0.25) is 9.59 Å². The van der Waals surface area contributed by atoms with Crippen molar-refractivity contribution in [3.05, 3.63) is 107 Å². The van der Waals surface area contributed by atoms with Crippen molar-refractivity contribution < 1.29 is 9.59 Å². The van der Waals surface area contributed by atoms with Crippen molar-refractivity contribution in [2.45, 2.75) is 13.0 Å². The molecule has 3 aromatic rings. The van der Waals surface area contributed by atoms with E-state index in [0.29, 0.717) is 16.7 Å².